The summed E-state index contributed by atoms with van der Waals surface area (Å²) in [7, 11) is -3.76. The van der Waals surface area contributed by atoms with Gasteiger partial charge in [-0.25, -0.2) is 13.1 Å². The number of nitrogens with one attached hydrogen (secondary N) is 1. The molecule has 160 valence electrons. The highest BCUT2D eigenvalue weighted by Gasteiger charge is 2.25. The van der Waals surface area contributed by atoms with Crippen LogP contribution in [0.1, 0.15) is 34.4 Å². The molecule has 0 aliphatic carbocycles. The van der Waals surface area contributed by atoms with Gasteiger partial charge in [0.1, 0.15) is 5.76 Å². The molecule has 0 aliphatic rings. The van der Waals surface area contributed by atoms with E-state index in [1.165, 1.54) is 0 Å². The zero-order valence-electron chi connectivity index (χ0n) is 16.7. The van der Waals surface area contributed by atoms with Crippen LogP contribution in [0.15, 0.2) is 51.5 Å². The molecule has 11 heteroatoms. The highest BCUT2D eigenvalue weighted by molar-refractivity contribution is 9.10. The molecule has 1 amide bonds. The highest BCUT2D eigenvalue weighted by atomic mass is 79.9. The number of nitriles is 1. The van der Waals surface area contributed by atoms with Crippen molar-refractivity contribution in [3.05, 3.63) is 69.8 Å². The molecule has 9 nitrogen and oxygen atoms in total. The summed E-state index contributed by atoms with van der Waals surface area (Å²) in [6.45, 7) is 2.03. The normalized spacial score (nSPS) is 11.0. The Morgan fingerprint density at radius 3 is 2.52 bits per heavy atom. The number of carbonyl (C=O) groups is 1. The largest absolute Gasteiger partial charge is 0.428 e. The van der Waals surface area contributed by atoms with Crippen molar-refractivity contribution in [1.29, 1.82) is 5.26 Å². The molecular formula is C20H18BrN5O4S. The van der Waals surface area contributed by atoms with Crippen molar-refractivity contribution in [3.8, 4) is 6.07 Å². The van der Waals surface area contributed by atoms with E-state index in [1.807, 2.05) is 16.9 Å². The summed E-state index contributed by atoms with van der Waals surface area (Å²) in [6.07, 6.45) is 2.88. The summed E-state index contributed by atoms with van der Waals surface area (Å²) in [5, 5.41) is 9.07. The number of aromatic nitrogens is 2. The first-order chi connectivity index (χ1) is 14.7. The maximum Gasteiger partial charge on any atom is 0.303 e. The molecule has 2 aromatic heterocycles. The van der Waals surface area contributed by atoms with Crippen LogP contribution in [-0.4, -0.2) is 30.5 Å². The zero-order chi connectivity index (χ0) is 22.6. The van der Waals surface area contributed by atoms with Crippen molar-refractivity contribution in [3.63, 3.8) is 0 Å². The summed E-state index contributed by atoms with van der Waals surface area (Å²) < 4.78 is 31.5. The smallest absolute Gasteiger partial charge is 0.303 e. The van der Waals surface area contributed by atoms with Gasteiger partial charge in [0.15, 0.2) is 5.69 Å². The topological polar surface area (TPSA) is 129 Å². The van der Waals surface area contributed by atoms with Crippen LogP contribution < -0.4 is 9.62 Å². The van der Waals surface area contributed by atoms with Gasteiger partial charge in [-0.3, -0.25) is 14.7 Å². The molecule has 0 saturated heterocycles. The minimum absolute atomic E-state index is 0.102. The third-order valence-electron chi connectivity index (χ3n) is 4.15. The first-order valence-electron chi connectivity index (χ1n) is 9.10. The van der Waals surface area contributed by atoms with Gasteiger partial charge in [-0.05, 0) is 52.3 Å². The Hall–Kier alpha value is -3.23. The predicted molar refractivity (Wildman–Crippen MR) is 117 cm³/mol. The van der Waals surface area contributed by atoms with E-state index in [1.54, 1.807) is 42.3 Å². The maximum atomic E-state index is 12.4. The lowest BCUT2D eigenvalue weighted by molar-refractivity contribution is 0.0975. The lowest BCUT2D eigenvalue weighted by atomic mass is 10.2. The standard InChI is InChI=1S/C20H18BrN5O4S/c1-3-17-18(19(27)25-31(2,28)29)24-20(30-17)26(12-15-7-6-14(21)11-23-15)16-8-4-13(10-22)5-9-16/h4-9,11H,3,12H2,1-2H3,(H,25,27). The molecular weight excluding hydrogens is 486 g/mol. The number of carbonyl (C=O) groups excluding carboxylic acids is 1. The molecule has 0 spiro atoms. The van der Waals surface area contributed by atoms with E-state index in [-0.39, 0.29) is 24.0 Å². The summed E-state index contributed by atoms with van der Waals surface area (Å²) in [6, 6.07) is 12.6. The van der Waals surface area contributed by atoms with E-state index in [4.69, 9.17) is 9.68 Å². The third-order valence-corrected chi connectivity index (χ3v) is 5.17. The summed E-state index contributed by atoms with van der Waals surface area (Å²) in [4.78, 5) is 22.7. The van der Waals surface area contributed by atoms with Crippen LogP contribution in [0.5, 0.6) is 0 Å². The first-order valence-corrected chi connectivity index (χ1v) is 11.8. The highest BCUT2D eigenvalue weighted by Crippen LogP contribution is 2.29. The van der Waals surface area contributed by atoms with Crippen molar-refractivity contribution in [2.75, 3.05) is 11.2 Å². The number of nitrogens with zero attached hydrogens (tertiary/aromatic N) is 4. The number of oxazole rings is 1. The average Bonchev–Trinajstić information content (AvgIpc) is 3.17. The number of anilines is 2. The van der Waals surface area contributed by atoms with Crippen molar-refractivity contribution in [2.24, 2.45) is 0 Å². The lowest BCUT2D eigenvalue weighted by Gasteiger charge is -2.20. The molecule has 0 atom stereocenters. The van der Waals surface area contributed by atoms with Gasteiger partial charge in [0.2, 0.25) is 10.0 Å². The van der Waals surface area contributed by atoms with Crippen molar-refractivity contribution in [2.45, 2.75) is 19.9 Å². The molecule has 0 unspecified atom stereocenters. The number of hydrogen-bond acceptors (Lipinski definition) is 8. The van der Waals surface area contributed by atoms with Crippen LogP contribution in [0.4, 0.5) is 11.7 Å². The van der Waals surface area contributed by atoms with Crippen LogP contribution in [-0.2, 0) is 23.0 Å². The van der Waals surface area contributed by atoms with Gasteiger partial charge in [0.25, 0.3) is 5.91 Å². The number of pyridine rings is 1. The molecule has 0 bridgehead atoms. The van der Waals surface area contributed by atoms with E-state index < -0.39 is 15.9 Å². The summed E-state index contributed by atoms with van der Waals surface area (Å²) in [5.74, 6) is -0.616. The Kier molecular flexibility index (Phi) is 6.72. The quantitative estimate of drug-likeness (QED) is 0.519. The van der Waals surface area contributed by atoms with E-state index in [0.717, 1.165) is 10.7 Å². The van der Waals surface area contributed by atoms with Gasteiger partial charge in [-0.1, -0.05) is 6.92 Å². The van der Waals surface area contributed by atoms with E-state index >= 15 is 0 Å². The minimum atomic E-state index is -3.76. The molecule has 0 fully saturated rings. The van der Waals surface area contributed by atoms with Crippen molar-refractivity contribution >= 4 is 43.6 Å². The molecule has 0 radical (unpaired) electrons. The van der Waals surface area contributed by atoms with Crippen LogP contribution >= 0.6 is 15.9 Å². The second-order valence-corrected chi connectivity index (χ2v) is 9.20. The van der Waals surface area contributed by atoms with Gasteiger partial charge >= 0.3 is 6.01 Å². The van der Waals surface area contributed by atoms with Crippen molar-refractivity contribution in [1.82, 2.24) is 14.7 Å². The number of halogens is 1. The van der Waals surface area contributed by atoms with Gasteiger partial charge in [-0.15, -0.1) is 0 Å². The lowest BCUT2D eigenvalue weighted by Crippen LogP contribution is -2.30. The second kappa shape index (κ2) is 9.28. The monoisotopic (exact) mass is 503 g/mol. The van der Waals surface area contributed by atoms with E-state index in [0.29, 0.717) is 23.4 Å². The fourth-order valence-corrected chi connectivity index (χ4v) is 3.40. The van der Waals surface area contributed by atoms with Gasteiger partial charge in [-0.2, -0.15) is 10.2 Å². The number of amides is 1. The Morgan fingerprint density at radius 1 is 1.26 bits per heavy atom. The minimum Gasteiger partial charge on any atom is -0.428 e. The molecule has 1 aromatic carbocycles. The summed E-state index contributed by atoms with van der Waals surface area (Å²) >= 11 is 3.35. The van der Waals surface area contributed by atoms with Crippen molar-refractivity contribution < 1.29 is 17.6 Å². The Balaban J connectivity index is 2.04. The van der Waals surface area contributed by atoms with Crippen LogP contribution in [0.25, 0.3) is 0 Å². The van der Waals surface area contributed by atoms with Crippen LogP contribution in [0, 0.1) is 11.3 Å². The molecule has 2 heterocycles. The molecule has 3 aromatic rings. The number of hydrogen-bond donors (Lipinski definition) is 1. The number of aryl methyl sites for hydroxylation is 1. The SMILES string of the molecule is CCc1oc(N(Cc2ccc(Br)cn2)c2ccc(C#N)cc2)nc1C(=O)NS(C)(=O)=O. The number of benzene rings is 1. The zero-order valence-corrected chi connectivity index (χ0v) is 19.1. The third kappa shape index (κ3) is 5.68. The molecule has 0 saturated carbocycles. The van der Waals surface area contributed by atoms with Gasteiger partial charge in [0, 0.05) is 22.8 Å². The maximum absolute atomic E-state index is 12.4. The van der Waals surface area contributed by atoms with E-state index in [9.17, 15) is 13.2 Å². The Bertz CT molecular complexity index is 1230. The molecule has 31 heavy (non-hydrogen) atoms. The van der Waals surface area contributed by atoms with E-state index in [2.05, 4.69) is 32.0 Å². The second-order valence-electron chi connectivity index (χ2n) is 6.54. The molecule has 3 rings (SSSR count). The van der Waals surface area contributed by atoms with Gasteiger partial charge < -0.3 is 4.42 Å². The number of sulfonamides is 1. The average molecular weight is 504 g/mol. The van der Waals surface area contributed by atoms with Crippen LogP contribution in [0.3, 0.4) is 0 Å². The fourth-order valence-electron chi connectivity index (χ4n) is 2.74. The molecule has 1 N–H and O–H groups in total. The molecule has 0 aliphatic heterocycles. The van der Waals surface area contributed by atoms with Gasteiger partial charge in [0.05, 0.1) is 30.1 Å². The van der Waals surface area contributed by atoms with Crippen LogP contribution in [0.2, 0.25) is 0 Å². The predicted octanol–water partition coefficient (Wildman–Crippen LogP) is 3.29. The fraction of sp³-hybridized carbons (Fsp3) is 0.200. The summed E-state index contributed by atoms with van der Waals surface area (Å²) in [5.41, 5.74) is 1.74. The first kappa shape index (κ1) is 22.5. The Labute approximate surface area is 187 Å². The number of rotatable bonds is 7. The Morgan fingerprint density at radius 2 is 1.97 bits per heavy atom.